The molecule has 0 aliphatic heterocycles. The molecule has 4 heteroatoms. The van der Waals surface area contributed by atoms with Crippen molar-refractivity contribution in [3.05, 3.63) is 0 Å². The van der Waals surface area contributed by atoms with Crippen molar-refractivity contribution in [3.63, 3.8) is 0 Å². The van der Waals surface area contributed by atoms with Crippen LogP contribution in [0.5, 0.6) is 0 Å². The van der Waals surface area contributed by atoms with Crippen LogP contribution < -0.4 is 5.32 Å². The molecule has 0 spiro atoms. The third-order valence-electron chi connectivity index (χ3n) is 3.06. The zero-order valence-corrected chi connectivity index (χ0v) is 9.16. The van der Waals surface area contributed by atoms with Crippen LogP contribution in [-0.2, 0) is 9.59 Å². The van der Waals surface area contributed by atoms with E-state index in [1.165, 1.54) is 19.3 Å². The third-order valence-corrected chi connectivity index (χ3v) is 3.06. The summed E-state index contributed by atoms with van der Waals surface area (Å²) in [6.45, 7) is 1.97. The number of carboxylic acids is 1. The lowest BCUT2D eigenvalue weighted by Gasteiger charge is -2.28. The van der Waals surface area contributed by atoms with E-state index < -0.39 is 12.4 Å². The van der Waals surface area contributed by atoms with Crippen LogP contribution in [0.25, 0.3) is 0 Å². The summed E-state index contributed by atoms with van der Waals surface area (Å²) in [4.78, 5) is 21.5. The number of carbonyl (C=O) groups is 2. The first kappa shape index (κ1) is 12.0. The Kier molecular flexibility index (Phi) is 4.59. The molecule has 1 rings (SSSR count). The SMILES string of the molecule is CC(NC(=O)CC(=O)O)C1CCCCC1. The molecule has 1 fully saturated rings. The lowest BCUT2D eigenvalue weighted by atomic mass is 9.84. The highest BCUT2D eigenvalue weighted by molar-refractivity contribution is 5.93. The first-order valence-electron chi connectivity index (χ1n) is 5.60. The van der Waals surface area contributed by atoms with Crippen LogP contribution in [-0.4, -0.2) is 23.0 Å². The highest BCUT2D eigenvalue weighted by Gasteiger charge is 2.21. The van der Waals surface area contributed by atoms with Crippen molar-refractivity contribution in [2.45, 2.75) is 51.5 Å². The number of aliphatic carboxylic acids is 1. The number of carboxylic acid groups (broad SMARTS) is 1. The number of amides is 1. The normalized spacial score (nSPS) is 19.5. The molecule has 0 aromatic heterocycles. The highest BCUT2D eigenvalue weighted by Crippen LogP contribution is 2.26. The van der Waals surface area contributed by atoms with Crippen LogP contribution in [0.2, 0.25) is 0 Å². The van der Waals surface area contributed by atoms with Gasteiger partial charge in [-0.05, 0) is 25.7 Å². The average Bonchev–Trinajstić information content (AvgIpc) is 2.17. The molecule has 0 heterocycles. The van der Waals surface area contributed by atoms with Gasteiger partial charge in [0.05, 0.1) is 0 Å². The predicted octanol–water partition coefficient (Wildman–Crippen LogP) is 1.55. The molecule has 1 amide bonds. The maximum atomic E-state index is 11.2. The van der Waals surface area contributed by atoms with Crippen molar-refractivity contribution in [2.24, 2.45) is 5.92 Å². The van der Waals surface area contributed by atoms with E-state index in [1.807, 2.05) is 6.92 Å². The zero-order valence-electron chi connectivity index (χ0n) is 9.16. The van der Waals surface area contributed by atoms with Gasteiger partial charge in [0.2, 0.25) is 5.91 Å². The molecule has 15 heavy (non-hydrogen) atoms. The Morgan fingerprint density at radius 1 is 1.33 bits per heavy atom. The lowest BCUT2D eigenvalue weighted by Crippen LogP contribution is -2.39. The van der Waals surface area contributed by atoms with Crippen LogP contribution in [0.4, 0.5) is 0 Å². The molecule has 0 saturated heterocycles. The maximum Gasteiger partial charge on any atom is 0.312 e. The van der Waals surface area contributed by atoms with E-state index in [0.717, 1.165) is 12.8 Å². The topological polar surface area (TPSA) is 66.4 Å². The van der Waals surface area contributed by atoms with E-state index in [1.54, 1.807) is 0 Å². The Balaban J connectivity index is 2.30. The molecule has 0 aromatic carbocycles. The van der Waals surface area contributed by atoms with E-state index in [4.69, 9.17) is 5.11 Å². The van der Waals surface area contributed by atoms with E-state index in [9.17, 15) is 9.59 Å². The minimum atomic E-state index is -1.07. The minimum absolute atomic E-state index is 0.108. The highest BCUT2D eigenvalue weighted by atomic mass is 16.4. The Bertz CT molecular complexity index is 234. The summed E-state index contributed by atoms with van der Waals surface area (Å²) in [5.41, 5.74) is 0. The van der Waals surface area contributed by atoms with Crippen molar-refractivity contribution < 1.29 is 14.7 Å². The molecule has 0 radical (unpaired) electrons. The van der Waals surface area contributed by atoms with Gasteiger partial charge in [0.15, 0.2) is 0 Å². The predicted molar refractivity (Wildman–Crippen MR) is 56.4 cm³/mol. The summed E-state index contributed by atoms with van der Waals surface area (Å²) >= 11 is 0. The zero-order chi connectivity index (χ0) is 11.3. The molecular formula is C11H19NO3. The van der Waals surface area contributed by atoms with Gasteiger partial charge in [-0.1, -0.05) is 19.3 Å². The number of hydrogen-bond acceptors (Lipinski definition) is 2. The number of nitrogens with one attached hydrogen (secondary N) is 1. The van der Waals surface area contributed by atoms with Crippen LogP contribution in [0, 0.1) is 5.92 Å². The largest absolute Gasteiger partial charge is 0.481 e. The minimum Gasteiger partial charge on any atom is -0.481 e. The lowest BCUT2D eigenvalue weighted by molar-refractivity contribution is -0.140. The van der Waals surface area contributed by atoms with Crippen molar-refractivity contribution >= 4 is 11.9 Å². The summed E-state index contributed by atoms with van der Waals surface area (Å²) in [7, 11) is 0. The Morgan fingerprint density at radius 2 is 1.93 bits per heavy atom. The van der Waals surface area contributed by atoms with Crippen molar-refractivity contribution in [3.8, 4) is 0 Å². The first-order valence-corrected chi connectivity index (χ1v) is 5.60. The van der Waals surface area contributed by atoms with E-state index in [2.05, 4.69) is 5.32 Å². The standard InChI is InChI=1S/C11H19NO3/c1-8(9-5-3-2-4-6-9)12-10(13)7-11(14)15/h8-9H,2-7H2,1H3,(H,12,13)(H,14,15). The fourth-order valence-electron chi connectivity index (χ4n) is 2.19. The van der Waals surface area contributed by atoms with Gasteiger partial charge in [-0.2, -0.15) is 0 Å². The molecule has 1 unspecified atom stereocenters. The molecule has 0 aromatic rings. The molecule has 2 N–H and O–H groups in total. The number of hydrogen-bond donors (Lipinski definition) is 2. The monoisotopic (exact) mass is 213 g/mol. The fourth-order valence-corrected chi connectivity index (χ4v) is 2.19. The van der Waals surface area contributed by atoms with Gasteiger partial charge in [0.25, 0.3) is 0 Å². The van der Waals surface area contributed by atoms with Crippen LogP contribution in [0.3, 0.4) is 0 Å². The molecular weight excluding hydrogens is 194 g/mol. The van der Waals surface area contributed by atoms with Crippen molar-refractivity contribution in [2.75, 3.05) is 0 Å². The van der Waals surface area contributed by atoms with Gasteiger partial charge in [0.1, 0.15) is 6.42 Å². The average molecular weight is 213 g/mol. The number of rotatable bonds is 4. The second kappa shape index (κ2) is 5.73. The van der Waals surface area contributed by atoms with E-state index in [0.29, 0.717) is 5.92 Å². The van der Waals surface area contributed by atoms with Gasteiger partial charge in [0, 0.05) is 6.04 Å². The van der Waals surface area contributed by atoms with Gasteiger partial charge in [-0.25, -0.2) is 0 Å². The second-order valence-electron chi connectivity index (χ2n) is 4.32. The molecule has 1 atom stereocenters. The second-order valence-corrected chi connectivity index (χ2v) is 4.32. The van der Waals surface area contributed by atoms with Crippen LogP contribution >= 0.6 is 0 Å². The van der Waals surface area contributed by atoms with E-state index in [-0.39, 0.29) is 11.9 Å². The van der Waals surface area contributed by atoms with Crippen LogP contribution in [0.1, 0.15) is 45.4 Å². The van der Waals surface area contributed by atoms with Gasteiger partial charge in [-0.15, -0.1) is 0 Å². The molecule has 1 aliphatic rings. The molecule has 86 valence electrons. The molecule has 1 aliphatic carbocycles. The summed E-state index contributed by atoms with van der Waals surface area (Å²) in [6, 6.07) is 0.108. The Labute approximate surface area is 90.0 Å². The quantitative estimate of drug-likeness (QED) is 0.696. The Morgan fingerprint density at radius 3 is 2.47 bits per heavy atom. The van der Waals surface area contributed by atoms with Crippen LogP contribution in [0.15, 0.2) is 0 Å². The molecule has 4 nitrogen and oxygen atoms in total. The van der Waals surface area contributed by atoms with Gasteiger partial charge >= 0.3 is 5.97 Å². The molecule has 1 saturated carbocycles. The number of carbonyl (C=O) groups excluding carboxylic acids is 1. The fraction of sp³-hybridized carbons (Fsp3) is 0.818. The maximum absolute atomic E-state index is 11.2. The summed E-state index contributed by atoms with van der Waals surface area (Å²) in [6.07, 6.45) is 5.61. The third kappa shape index (κ3) is 4.32. The smallest absolute Gasteiger partial charge is 0.312 e. The van der Waals surface area contributed by atoms with Gasteiger partial charge in [-0.3, -0.25) is 9.59 Å². The summed E-state index contributed by atoms with van der Waals surface area (Å²) in [5.74, 6) is -0.916. The first-order chi connectivity index (χ1) is 7.09. The molecule has 0 bridgehead atoms. The summed E-state index contributed by atoms with van der Waals surface area (Å²) in [5, 5.41) is 11.2. The van der Waals surface area contributed by atoms with Gasteiger partial charge < -0.3 is 10.4 Å². The van der Waals surface area contributed by atoms with Crippen molar-refractivity contribution in [1.29, 1.82) is 0 Å². The summed E-state index contributed by atoms with van der Waals surface area (Å²) < 4.78 is 0. The van der Waals surface area contributed by atoms with Crippen molar-refractivity contribution in [1.82, 2.24) is 5.32 Å². The van der Waals surface area contributed by atoms with E-state index >= 15 is 0 Å². The Hall–Kier alpha value is -1.06.